The number of hydrogen-bond donors (Lipinski definition) is 1. The zero-order chi connectivity index (χ0) is 17.2. The van der Waals surface area contributed by atoms with Crippen molar-refractivity contribution in [1.29, 1.82) is 0 Å². The lowest BCUT2D eigenvalue weighted by atomic mass is 10.3. The monoisotopic (exact) mass is 390 g/mol. The molecular weight excluding hydrogens is 372 g/mol. The fraction of sp³-hybridized carbons (Fsp3) is 0.294. The summed E-state index contributed by atoms with van der Waals surface area (Å²) in [6, 6.07) is 10.2. The summed E-state index contributed by atoms with van der Waals surface area (Å²) in [4.78, 5) is 22.5. The van der Waals surface area contributed by atoms with Crippen molar-refractivity contribution in [2.75, 3.05) is 42.7 Å². The van der Waals surface area contributed by atoms with E-state index in [1.165, 1.54) is 20.9 Å². The summed E-state index contributed by atoms with van der Waals surface area (Å²) in [6.07, 6.45) is 2.08. The summed E-state index contributed by atoms with van der Waals surface area (Å²) in [5.41, 5.74) is 1.09. The first kappa shape index (κ1) is 16.7. The van der Waals surface area contributed by atoms with Crippen LogP contribution in [0.15, 0.2) is 40.6 Å². The number of fused-ring (bicyclic) bond motifs is 1. The highest BCUT2D eigenvalue weighted by molar-refractivity contribution is 7.98. The van der Waals surface area contributed by atoms with Gasteiger partial charge in [-0.05, 0) is 35.9 Å². The van der Waals surface area contributed by atoms with E-state index in [0.29, 0.717) is 13.1 Å². The van der Waals surface area contributed by atoms with Crippen LogP contribution in [0.4, 0.5) is 14.9 Å². The van der Waals surface area contributed by atoms with Crippen molar-refractivity contribution >= 4 is 60.8 Å². The first-order chi connectivity index (χ1) is 12.2. The van der Waals surface area contributed by atoms with Gasteiger partial charge in [-0.3, -0.25) is 5.32 Å². The topological polar surface area (TPSA) is 48.5 Å². The fourth-order valence-corrected chi connectivity index (χ4v) is 5.13. The highest BCUT2D eigenvalue weighted by Crippen LogP contribution is 2.34. The average molecular weight is 391 g/mol. The Kier molecular flexibility index (Phi) is 4.82. The van der Waals surface area contributed by atoms with Crippen molar-refractivity contribution in [1.82, 2.24) is 9.88 Å². The average Bonchev–Trinajstić information content (AvgIpc) is 3.30. The molecule has 1 aliphatic rings. The van der Waals surface area contributed by atoms with Gasteiger partial charge in [-0.25, -0.2) is 9.78 Å². The number of nitrogens with zero attached hydrogens (tertiary/aromatic N) is 3. The summed E-state index contributed by atoms with van der Waals surface area (Å²) >= 11 is 5.00. The second-order valence-corrected chi connectivity index (χ2v) is 8.49. The Bertz CT molecular complexity index is 869. The van der Waals surface area contributed by atoms with Crippen LogP contribution < -0.4 is 10.2 Å². The van der Waals surface area contributed by atoms with E-state index in [1.807, 2.05) is 22.4 Å². The van der Waals surface area contributed by atoms with E-state index < -0.39 is 0 Å². The lowest BCUT2D eigenvalue weighted by Crippen LogP contribution is -2.50. The standard InChI is InChI=1S/C17H18N4OS3/c1-23-12-4-2-5-13-15(12)19-17(25-13)21-9-7-20(8-10-21)16(22)18-14-6-3-11-24-14/h2-6,11H,7-10H2,1H3,(H,18,22). The largest absolute Gasteiger partial charge is 0.345 e. The maximum Gasteiger partial charge on any atom is 0.322 e. The maximum atomic E-state index is 12.3. The number of piperazine rings is 1. The number of aromatic nitrogens is 1. The number of rotatable bonds is 3. The van der Waals surface area contributed by atoms with E-state index in [4.69, 9.17) is 4.98 Å². The number of amides is 2. The van der Waals surface area contributed by atoms with Gasteiger partial charge in [0.25, 0.3) is 0 Å². The van der Waals surface area contributed by atoms with E-state index in [1.54, 1.807) is 23.1 Å². The molecule has 0 saturated carbocycles. The van der Waals surface area contributed by atoms with Crippen molar-refractivity contribution in [2.45, 2.75) is 4.90 Å². The zero-order valence-electron chi connectivity index (χ0n) is 13.8. The van der Waals surface area contributed by atoms with Crippen LogP contribution in [0.1, 0.15) is 0 Å². The number of carbonyl (C=O) groups is 1. The number of thioether (sulfide) groups is 1. The second kappa shape index (κ2) is 7.23. The number of nitrogens with one attached hydrogen (secondary N) is 1. The van der Waals surface area contributed by atoms with E-state index >= 15 is 0 Å². The quantitative estimate of drug-likeness (QED) is 0.672. The molecule has 3 heterocycles. The number of thiophene rings is 1. The van der Waals surface area contributed by atoms with Gasteiger partial charge in [0.2, 0.25) is 0 Å². The molecule has 1 aliphatic heterocycles. The maximum absolute atomic E-state index is 12.3. The van der Waals surface area contributed by atoms with Crippen LogP contribution in [-0.2, 0) is 0 Å². The van der Waals surface area contributed by atoms with Crippen molar-refractivity contribution in [3.05, 3.63) is 35.7 Å². The molecule has 0 bridgehead atoms. The third-order valence-corrected chi connectivity index (χ3v) is 6.82. The number of benzene rings is 1. The van der Waals surface area contributed by atoms with Crippen LogP contribution in [0.3, 0.4) is 0 Å². The Morgan fingerprint density at radius 1 is 1.20 bits per heavy atom. The van der Waals surface area contributed by atoms with Gasteiger partial charge in [-0.15, -0.1) is 23.1 Å². The van der Waals surface area contributed by atoms with Crippen LogP contribution in [0, 0.1) is 0 Å². The van der Waals surface area contributed by atoms with E-state index in [0.717, 1.165) is 28.7 Å². The van der Waals surface area contributed by atoms with Gasteiger partial charge >= 0.3 is 6.03 Å². The molecule has 1 aromatic carbocycles. The molecule has 1 fully saturated rings. The third kappa shape index (κ3) is 3.47. The van der Waals surface area contributed by atoms with Gasteiger partial charge in [0.15, 0.2) is 5.13 Å². The van der Waals surface area contributed by atoms with E-state index in [9.17, 15) is 4.79 Å². The Morgan fingerprint density at radius 2 is 2.04 bits per heavy atom. The van der Waals surface area contributed by atoms with E-state index in [-0.39, 0.29) is 6.03 Å². The van der Waals surface area contributed by atoms with Crippen LogP contribution in [-0.4, -0.2) is 48.3 Å². The molecule has 1 N–H and O–H groups in total. The number of thiazole rings is 1. The van der Waals surface area contributed by atoms with Crippen molar-refractivity contribution in [3.63, 3.8) is 0 Å². The predicted molar refractivity (Wildman–Crippen MR) is 109 cm³/mol. The Hall–Kier alpha value is -1.77. The van der Waals surface area contributed by atoms with Crippen LogP contribution in [0.25, 0.3) is 10.2 Å². The molecule has 8 heteroatoms. The molecule has 2 aromatic heterocycles. The first-order valence-electron chi connectivity index (χ1n) is 8.02. The minimum Gasteiger partial charge on any atom is -0.345 e. The molecular formula is C17H18N4OS3. The zero-order valence-corrected chi connectivity index (χ0v) is 16.2. The van der Waals surface area contributed by atoms with Gasteiger partial charge in [-0.2, -0.15) is 0 Å². The number of carbonyl (C=O) groups excluding carboxylic acids is 1. The Labute approximate surface area is 158 Å². The van der Waals surface area contributed by atoms with Gasteiger partial charge in [0.05, 0.1) is 15.2 Å². The number of anilines is 2. The Morgan fingerprint density at radius 3 is 2.76 bits per heavy atom. The highest BCUT2D eigenvalue weighted by Gasteiger charge is 2.23. The van der Waals surface area contributed by atoms with Gasteiger partial charge < -0.3 is 9.80 Å². The van der Waals surface area contributed by atoms with Crippen molar-refractivity contribution < 1.29 is 4.79 Å². The molecule has 0 radical (unpaired) electrons. The van der Waals surface area contributed by atoms with Crippen molar-refractivity contribution in [2.24, 2.45) is 0 Å². The first-order valence-corrected chi connectivity index (χ1v) is 10.9. The summed E-state index contributed by atoms with van der Waals surface area (Å²) in [6.45, 7) is 3.05. The van der Waals surface area contributed by atoms with E-state index in [2.05, 4.69) is 34.7 Å². The van der Waals surface area contributed by atoms with Crippen LogP contribution in [0.2, 0.25) is 0 Å². The number of hydrogen-bond acceptors (Lipinski definition) is 6. The second-order valence-electron chi connectivity index (χ2n) is 5.69. The molecule has 0 aliphatic carbocycles. The third-order valence-electron chi connectivity index (χ3n) is 4.18. The molecule has 3 aromatic rings. The minimum absolute atomic E-state index is 0.0175. The molecule has 0 spiro atoms. The lowest BCUT2D eigenvalue weighted by Gasteiger charge is -2.34. The molecule has 0 unspecified atom stereocenters. The molecule has 2 amide bonds. The van der Waals surface area contributed by atoms with Crippen LogP contribution >= 0.6 is 34.4 Å². The SMILES string of the molecule is CSc1cccc2sc(N3CCN(C(=O)Nc4cccs4)CC3)nc12. The smallest absolute Gasteiger partial charge is 0.322 e. The molecule has 130 valence electrons. The molecule has 5 nitrogen and oxygen atoms in total. The van der Waals surface area contributed by atoms with Gasteiger partial charge in [0.1, 0.15) is 0 Å². The molecule has 1 saturated heterocycles. The van der Waals surface area contributed by atoms with Gasteiger partial charge in [0, 0.05) is 31.1 Å². The predicted octanol–water partition coefficient (Wildman–Crippen LogP) is 4.43. The molecule has 25 heavy (non-hydrogen) atoms. The van der Waals surface area contributed by atoms with Crippen molar-refractivity contribution in [3.8, 4) is 0 Å². The summed E-state index contributed by atoms with van der Waals surface area (Å²) in [5.74, 6) is 0. The minimum atomic E-state index is -0.0175. The summed E-state index contributed by atoms with van der Waals surface area (Å²) in [5, 5.41) is 6.86. The number of urea groups is 1. The lowest BCUT2D eigenvalue weighted by molar-refractivity contribution is 0.208. The Balaban J connectivity index is 1.42. The van der Waals surface area contributed by atoms with Gasteiger partial charge in [-0.1, -0.05) is 17.4 Å². The number of para-hydroxylation sites is 1. The summed E-state index contributed by atoms with van der Waals surface area (Å²) in [7, 11) is 0. The fourth-order valence-electron chi connectivity index (χ4n) is 2.85. The normalized spacial score (nSPS) is 14.9. The molecule has 0 atom stereocenters. The molecule has 4 rings (SSSR count). The van der Waals surface area contributed by atoms with Crippen LogP contribution in [0.5, 0.6) is 0 Å². The highest BCUT2D eigenvalue weighted by atomic mass is 32.2. The summed E-state index contributed by atoms with van der Waals surface area (Å²) < 4.78 is 1.22.